The lowest BCUT2D eigenvalue weighted by atomic mass is 9.98. The van der Waals surface area contributed by atoms with Crippen LogP contribution in [0.2, 0.25) is 0 Å². The first-order valence-corrected chi connectivity index (χ1v) is 8.76. The van der Waals surface area contributed by atoms with Crippen molar-refractivity contribution in [2.45, 2.75) is 45.6 Å². The zero-order chi connectivity index (χ0) is 14.0. The van der Waals surface area contributed by atoms with Gasteiger partial charge in [-0.15, -0.1) is 0 Å². The first-order valence-electron chi connectivity index (χ1n) is 7.32. The fourth-order valence-electron chi connectivity index (χ4n) is 3.19. The first kappa shape index (κ1) is 15.2. The Bertz CT molecular complexity index is 399. The van der Waals surface area contributed by atoms with Crippen molar-refractivity contribution in [1.82, 2.24) is 9.03 Å². The molecule has 0 amide bonds. The van der Waals surface area contributed by atoms with Gasteiger partial charge in [-0.1, -0.05) is 13.8 Å². The van der Waals surface area contributed by atoms with Crippen LogP contribution in [0.3, 0.4) is 0 Å². The van der Waals surface area contributed by atoms with Gasteiger partial charge in [-0.05, 0) is 43.4 Å². The van der Waals surface area contributed by atoms with E-state index < -0.39 is 10.2 Å². The summed E-state index contributed by atoms with van der Waals surface area (Å²) in [4.78, 5) is 0. The maximum absolute atomic E-state index is 12.4. The monoisotopic (exact) mass is 290 g/mol. The topological polar surface area (TPSA) is 69.6 Å². The Kier molecular flexibility index (Phi) is 4.87. The van der Waals surface area contributed by atoms with Gasteiger partial charge >= 0.3 is 0 Å². The molecular formula is C13H26N2O3S. The molecule has 0 spiro atoms. The van der Waals surface area contributed by atoms with Crippen LogP contribution in [0, 0.1) is 17.8 Å². The van der Waals surface area contributed by atoms with Gasteiger partial charge in [0.15, 0.2) is 0 Å². The summed E-state index contributed by atoms with van der Waals surface area (Å²) in [5.74, 6) is 1.07. The molecule has 2 N–H and O–H groups in total. The lowest BCUT2D eigenvalue weighted by molar-refractivity contribution is 0.164. The quantitative estimate of drug-likeness (QED) is 0.810. The second-order valence-corrected chi connectivity index (χ2v) is 7.89. The van der Waals surface area contributed by atoms with E-state index in [0.717, 1.165) is 25.7 Å². The van der Waals surface area contributed by atoms with Crippen molar-refractivity contribution in [1.29, 1.82) is 0 Å². The van der Waals surface area contributed by atoms with Crippen molar-refractivity contribution in [2.24, 2.45) is 17.8 Å². The minimum atomic E-state index is -3.39. The summed E-state index contributed by atoms with van der Waals surface area (Å²) in [5, 5.41) is 9.19. The van der Waals surface area contributed by atoms with Gasteiger partial charge in [0.25, 0.3) is 10.2 Å². The van der Waals surface area contributed by atoms with Gasteiger partial charge in [0, 0.05) is 25.7 Å². The lowest BCUT2D eigenvalue weighted by Crippen LogP contribution is -2.50. The molecule has 0 aromatic rings. The standard InChI is InChI=1S/C13H26N2O3S/c1-10-5-6-13(11(10)2)14-19(17,18)15-7-3-4-12(8-15)9-16/h10-14,16H,3-9H2,1-2H3. The van der Waals surface area contributed by atoms with Crippen LogP contribution >= 0.6 is 0 Å². The van der Waals surface area contributed by atoms with E-state index in [2.05, 4.69) is 18.6 Å². The molecule has 1 saturated carbocycles. The summed E-state index contributed by atoms with van der Waals surface area (Å²) in [7, 11) is -3.39. The Morgan fingerprint density at radius 2 is 2.00 bits per heavy atom. The fraction of sp³-hybridized carbons (Fsp3) is 1.00. The summed E-state index contributed by atoms with van der Waals surface area (Å²) in [6.45, 7) is 5.40. The molecule has 1 saturated heterocycles. The number of hydrogen-bond donors (Lipinski definition) is 2. The van der Waals surface area contributed by atoms with Gasteiger partial charge in [-0.25, -0.2) is 0 Å². The van der Waals surface area contributed by atoms with E-state index >= 15 is 0 Å². The SMILES string of the molecule is CC1CCC(NS(=O)(=O)N2CCCC(CO)C2)C1C. The average Bonchev–Trinajstić information content (AvgIpc) is 2.70. The molecule has 0 radical (unpaired) electrons. The number of rotatable bonds is 4. The van der Waals surface area contributed by atoms with Crippen molar-refractivity contribution in [3.63, 3.8) is 0 Å². The van der Waals surface area contributed by atoms with Crippen molar-refractivity contribution < 1.29 is 13.5 Å². The maximum atomic E-state index is 12.4. The predicted molar refractivity (Wildman–Crippen MR) is 74.8 cm³/mol. The normalized spacial score (nSPS) is 37.6. The van der Waals surface area contributed by atoms with E-state index in [1.807, 2.05) is 0 Å². The van der Waals surface area contributed by atoms with Gasteiger partial charge in [-0.2, -0.15) is 17.4 Å². The minimum absolute atomic E-state index is 0.0644. The Hall–Kier alpha value is -0.170. The van der Waals surface area contributed by atoms with Crippen LogP contribution in [-0.2, 0) is 10.2 Å². The molecule has 2 rings (SSSR count). The highest BCUT2D eigenvalue weighted by Gasteiger charge is 2.36. The molecule has 2 fully saturated rings. The van der Waals surface area contributed by atoms with E-state index in [0.29, 0.717) is 24.9 Å². The number of aliphatic hydroxyl groups excluding tert-OH is 1. The molecule has 4 atom stereocenters. The molecule has 6 heteroatoms. The van der Waals surface area contributed by atoms with E-state index in [9.17, 15) is 13.5 Å². The summed E-state index contributed by atoms with van der Waals surface area (Å²) >= 11 is 0. The third-order valence-electron chi connectivity index (χ3n) is 4.85. The summed E-state index contributed by atoms with van der Waals surface area (Å²) < 4.78 is 29.2. The smallest absolute Gasteiger partial charge is 0.279 e. The van der Waals surface area contributed by atoms with Crippen LogP contribution in [0.4, 0.5) is 0 Å². The van der Waals surface area contributed by atoms with Crippen LogP contribution in [0.1, 0.15) is 39.5 Å². The maximum Gasteiger partial charge on any atom is 0.279 e. The van der Waals surface area contributed by atoms with Gasteiger partial charge in [-0.3, -0.25) is 0 Å². The highest BCUT2D eigenvalue weighted by Crippen LogP contribution is 2.32. The first-order chi connectivity index (χ1) is 8.94. The second kappa shape index (κ2) is 6.08. The van der Waals surface area contributed by atoms with Crippen molar-refractivity contribution >= 4 is 10.2 Å². The minimum Gasteiger partial charge on any atom is -0.396 e. The molecule has 0 bridgehead atoms. The molecular weight excluding hydrogens is 264 g/mol. The van der Waals surface area contributed by atoms with Crippen LogP contribution in [0.15, 0.2) is 0 Å². The molecule has 0 aromatic heterocycles. The second-order valence-electron chi connectivity index (χ2n) is 6.19. The van der Waals surface area contributed by atoms with E-state index in [-0.39, 0.29) is 18.6 Å². The molecule has 0 aromatic carbocycles. The number of aliphatic hydroxyl groups is 1. The Morgan fingerprint density at radius 1 is 1.26 bits per heavy atom. The lowest BCUT2D eigenvalue weighted by Gasteiger charge is -2.32. The fourth-order valence-corrected chi connectivity index (χ4v) is 4.83. The molecule has 1 heterocycles. The largest absolute Gasteiger partial charge is 0.396 e. The van der Waals surface area contributed by atoms with Gasteiger partial charge in [0.2, 0.25) is 0 Å². The number of nitrogens with one attached hydrogen (secondary N) is 1. The third kappa shape index (κ3) is 3.48. The Balaban J connectivity index is 1.98. The molecule has 5 nitrogen and oxygen atoms in total. The van der Waals surface area contributed by atoms with Crippen LogP contribution in [-0.4, -0.2) is 43.6 Å². The predicted octanol–water partition coefficient (Wildman–Crippen LogP) is 0.960. The van der Waals surface area contributed by atoms with Gasteiger partial charge < -0.3 is 5.11 Å². The highest BCUT2D eigenvalue weighted by atomic mass is 32.2. The molecule has 112 valence electrons. The zero-order valence-electron chi connectivity index (χ0n) is 11.9. The van der Waals surface area contributed by atoms with Crippen molar-refractivity contribution in [3.05, 3.63) is 0 Å². The summed E-state index contributed by atoms with van der Waals surface area (Å²) in [5.41, 5.74) is 0. The molecule has 4 unspecified atom stereocenters. The van der Waals surface area contributed by atoms with Crippen LogP contribution < -0.4 is 4.72 Å². The van der Waals surface area contributed by atoms with Crippen LogP contribution in [0.5, 0.6) is 0 Å². The van der Waals surface area contributed by atoms with Gasteiger partial charge in [0.05, 0.1) is 0 Å². The highest BCUT2D eigenvalue weighted by molar-refractivity contribution is 7.87. The van der Waals surface area contributed by atoms with Crippen molar-refractivity contribution in [3.8, 4) is 0 Å². The molecule has 1 aliphatic heterocycles. The van der Waals surface area contributed by atoms with E-state index in [4.69, 9.17) is 0 Å². The van der Waals surface area contributed by atoms with Crippen molar-refractivity contribution in [2.75, 3.05) is 19.7 Å². The number of piperidine rings is 1. The van der Waals surface area contributed by atoms with Crippen LogP contribution in [0.25, 0.3) is 0 Å². The van der Waals surface area contributed by atoms with E-state index in [1.54, 1.807) is 0 Å². The van der Waals surface area contributed by atoms with Gasteiger partial charge in [0.1, 0.15) is 0 Å². The summed E-state index contributed by atoms with van der Waals surface area (Å²) in [6, 6.07) is 0.0644. The Morgan fingerprint density at radius 3 is 2.58 bits per heavy atom. The average molecular weight is 290 g/mol. The molecule has 1 aliphatic carbocycles. The summed E-state index contributed by atoms with van der Waals surface area (Å²) in [6.07, 6.45) is 3.77. The molecule has 2 aliphatic rings. The number of hydrogen-bond acceptors (Lipinski definition) is 3. The van der Waals surface area contributed by atoms with E-state index in [1.165, 1.54) is 4.31 Å². The number of nitrogens with zero attached hydrogens (tertiary/aromatic N) is 1. The zero-order valence-corrected chi connectivity index (χ0v) is 12.7. The third-order valence-corrected chi connectivity index (χ3v) is 6.46. The Labute approximate surface area is 116 Å². The molecule has 19 heavy (non-hydrogen) atoms.